The minimum absolute atomic E-state index is 0.173. The Labute approximate surface area is 358 Å². The van der Waals surface area contributed by atoms with Crippen LogP contribution in [0.4, 0.5) is 0 Å². The molecular weight excluding hydrogens is 731 g/mol. The van der Waals surface area contributed by atoms with Crippen LogP contribution in [0, 0.1) is 0 Å². The zero-order chi connectivity index (χ0) is 42.8. The molecule has 0 bridgehead atoms. The molecule has 2 unspecified atom stereocenters. The quantitative estimate of drug-likeness (QED) is 0.0280. The molecule has 0 aromatic heterocycles. The SMILES string of the molecule is CCCCCCCCCCCCCCCCCCCC(=O)OC(COC(=O)CCCCCCCCCCCCCCCCCC)COC(OCC[N+](C)(C)C)C(=O)O. The maximum Gasteiger partial charge on any atom is 0.361 e. The van der Waals surface area contributed by atoms with Gasteiger partial charge in [-0.25, -0.2) is 4.79 Å². The maximum atomic E-state index is 12.8. The molecule has 0 saturated carbocycles. The molecule has 0 amide bonds. The highest BCUT2D eigenvalue weighted by molar-refractivity contribution is 5.71. The first-order valence-corrected chi connectivity index (χ1v) is 24.7. The fourth-order valence-electron chi connectivity index (χ4n) is 7.25. The van der Waals surface area contributed by atoms with Crippen molar-refractivity contribution in [3.05, 3.63) is 0 Å². The second-order valence-electron chi connectivity index (χ2n) is 18.1. The smallest absolute Gasteiger partial charge is 0.361 e. The minimum atomic E-state index is -1.50. The van der Waals surface area contributed by atoms with Gasteiger partial charge in [-0.05, 0) is 12.8 Å². The van der Waals surface area contributed by atoms with E-state index in [1.807, 2.05) is 21.1 Å². The highest BCUT2D eigenvalue weighted by atomic mass is 16.7. The van der Waals surface area contributed by atoms with Gasteiger partial charge in [0.25, 0.3) is 6.29 Å². The fourth-order valence-corrected chi connectivity index (χ4v) is 7.25. The number of quaternary nitrogens is 1. The molecule has 0 spiro atoms. The Balaban J connectivity index is 4.33. The van der Waals surface area contributed by atoms with Gasteiger partial charge in [-0.2, -0.15) is 0 Å². The van der Waals surface area contributed by atoms with Crippen LogP contribution in [0.25, 0.3) is 0 Å². The number of likely N-dealkylation sites (N-methyl/N-ethyl adjacent to an activating group) is 1. The number of carbonyl (C=O) groups excluding carboxylic acids is 2. The lowest BCUT2D eigenvalue weighted by molar-refractivity contribution is -0.870. The molecule has 9 heteroatoms. The van der Waals surface area contributed by atoms with E-state index in [1.165, 1.54) is 173 Å². The highest BCUT2D eigenvalue weighted by Crippen LogP contribution is 2.17. The molecule has 344 valence electrons. The molecule has 9 nitrogen and oxygen atoms in total. The van der Waals surface area contributed by atoms with E-state index < -0.39 is 18.4 Å². The van der Waals surface area contributed by atoms with Gasteiger partial charge >= 0.3 is 17.9 Å². The van der Waals surface area contributed by atoms with Crippen molar-refractivity contribution in [2.45, 2.75) is 251 Å². The Morgan fingerprint density at radius 3 is 1.10 bits per heavy atom. The standard InChI is InChI=1S/C49H95NO8/c1-6-8-10-12-14-16-18-20-22-24-26-28-30-32-34-36-38-40-47(52)58-45(44-57-49(48(53)54)55-42-41-50(3,4)5)43-56-46(51)39-37-35-33-31-29-27-25-23-21-19-17-15-13-11-9-7-2/h45,49H,6-44H2,1-5H3/p+1. The molecule has 1 N–H and O–H groups in total. The van der Waals surface area contributed by atoms with Crippen LogP contribution >= 0.6 is 0 Å². The summed E-state index contributed by atoms with van der Waals surface area (Å²) in [6.45, 7) is 4.92. The summed E-state index contributed by atoms with van der Waals surface area (Å²) in [6.07, 6.45) is 40.1. The molecule has 0 radical (unpaired) electrons. The summed E-state index contributed by atoms with van der Waals surface area (Å²) in [6, 6.07) is 0. The number of hydrogen-bond donors (Lipinski definition) is 1. The Kier molecular flexibility index (Phi) is 40.8. The van der Waals surface area contributed by atoms with E-state index in [0.29, 0.717) is 17.4 Å². The number of ether oxygens (including phenoxy) is 4. The second-order valence-corrected chi connectivity index (χ2v) is 18.1. The van der Waals surface area contributed by atoms with Crippen molar-refractivity contribution in [3.8, 4) is 0 Å². The summed E-state index contributed by atoms with van der Waals surface area (Å²) in [5.74, 6) is -1.98. The van der Waals surface area contributed by atoms with Crippen LogP contribution < -0.4 is 0 Å². The highest BCUT2D eigenvalue weighted by Gasteiger charge is 2.25. The van der Waals surface area contributed by atoms with Crippen molar-refractivity contribution in [2.75, 3.05) is 47.5 Å². The average molecular weight is 827 g/mol. The predicted octanol–water partition coefficient (Wildman–Crippen LogP) is 13.3. The number of unbranched alkanes of at least 4 members (excludes halogenated alkanes) is 31. The molecule has 0 aromatic rings. The molecule has 0 aliphatic heterocycles. The summed E-state index contributed by atoms with van der Waals surface area (Å²) in [5.41, 5.74) is 0. The monoisotopic (exact) mass is 827 g/mol. The number of rotatable bonds is 46. The van der Waals surface area contributed by atoms with Crippen LogP contribution in [0.15, 0.2) is 0 Å². The van der Waals surface area contributed by atoms with Crippen molar-refractivity contribution in [2.24, 2.45) is 0 Å². The van der Waals surface area contributed by atoms with E-state index in [1.54, 1.807) is 0 Å². The van der Waals surface area contributed by atoms with Crippen LogP contribution in [-0.4, -0.2) is 87.4 Å². The summed E-state index contributed by atoms with van der Waals surface area (Å²) in [7, 11) is 5.97. The molecule has 0 heterocycles. The summed E-state index contributed by atoms with van der Waals surface area (Å²) in [5, 5.41) is 9.65. The number of hydrogen-bond acceptors (Lipinski definition) is 7. The van der Waals surface area contributed by atoms with E-state index in [4.69, 9.17) is 18.9 Å². The van der Waals surface area contributed by atoms with Crippen molar-refractivity contribution < 1.29 is 42.9 Å². The van der Waals surface area contributed by atoms with Crippen LogP contribution in [0.5, 0.6) is 0 Å². The Morgan fingerprint density at radius 1 is 0.448 bits per heavy atom. The van der Waals surface area contributed by atoms with E-state index in [-0.39, 0.29) is 38.2 Å². The molecule has 2 atom stereocenters. The zero-order valence-electron chi connectivity index (χ0n) is 39.0. The van der Waals surface area contributed by atoms with Crippen LogP contribution in [0.1, 0.15) is 239 Å². The minimum Gasteiger partial charge on any atom is -0.477 e. The normalized spacial score (nSPS) is 12.8. The Morgan fingerprint density at radius 2 is 0.776 bits per heavy atom. The van der Waals surface area contributed by atoms with Gasteiger partial charge in [0.2, 0.25) is 0 Å². The fraction of sp³-hybridized carbons (Fsp3) is 0.939. The van der Waals surface area contributed by atoms with Crippen molar-refractivity contribution in [1.29, 1.82) is 0 Å². The van der Waals surface area contributed by atoms with Crippen LogP contribution in [-0.2, 0) is 33.3 Å². The number of aliphatic carboxylic acids is 1. The van der Waals surface area contributed by atoms with Gasteiger partial charge in [0.15, 0.2) is 6.10 Å². The maximum absolute atomic E-state index is 12.8. The summed E-state index contributed by atoms with van der Waals surface area (Å²) >= 11 is 0. The van der Waals surface area contributed by atoms with E-state index in [0.717, 1.165) is 38.5 Å². The predicted molar refractivity (Wildman–Crippen MR) is 240 cm³/mol. The number of carbonyl (C=O) groups is 3. The van der Waals surface area contributed by atoms with Gasteiger partial charge in [-0.15, -0.1) is 0 Å². The molecule has 0 saturated heterocycles. The van der Waals surface area contributed by atoms with Crippen molar-refractivity contribution >= 4 is 17.9 Å². The molecule has 0 rings (SSSR count). The van der Waals surface area contributed by atoms with Crippen LogP contribution in [0.3, 0.4) is 0 Å². The van der Waals surface area contributed by atoms with Gasteiger partial charge in [0, 0.05) is 12.8 Å². The Bertz CT molecular complexity index is 923. The molecule has 0 aliphatic rings. The number of carboxylic acids is 1. The lowest BCUT2D eigenvalue weighted by Crippen LogP contribution is -2.40. The molecular formula is C49H96NO8+. The first kappa shape index (κ1) is 56.3. The molecule has 0 aliphatic carbocycles. The van der Waals surface area contributed by atoms with Crippen molar-refractivity contribution in [3.63, 3.8) is 0 Å². The third-order valence-corrected chi connectivity index (χ3v) is 11.1. The van der Waals surface area contributed by atoms with E-state index in [9.17, 15) is 19.5 Å². The van der Waals surface area contributed by atoms with Gasteiger partial charge < -0.3 is 28.5 Å². The van der Waals surface area contributed by atoms with Gasteiger partial charge in [0.05, 0.1) is 34.4 Å². The molecule has 58 heavy (non-hydrogen) atoms. The molecule has 0 fully saturated rings. The largest absolute Gasteiger partial charge is 0.477 e. The third-order valence-electron chi connectivity index (χ3n) is 11.1. The number of esters is 2. The van der Waals surface area contributed by atoms with Gasteiger partial charge in [-0.1, -0.05) is 213 Å². The van der Waals surface area contributed by atoms with E-state index >= 15 is 0 Å². The first-order valence-electron chi connectivity index (χ1n) is 24.7. The van der Waals surface area contributed by atoms with Gasteiger partial charge in [0.1, 0.15) is 13.2 Å². The lowest BCUT2D eigenvalue weighted by Gasteiger charge is -2.25. The summed E-state index contributed by atoms with van der Waals surface area (Å²) in [4.78, 5) is 37.2. The molecule has 0 aromatic carbocycles. The lowest BCUT2D eigenvalue weighted by atomic mass is 10.0. The van der Waals surface area contributed by atoms with Crippen LogP contribution in [0.2, 0.25) is 0 Å². The van der Waals surface area contributed by atoms with Gasteiger partial charge in [-0.3, -0.25) is 9.59 Å². The zero-order valence-corrected chi connectivity index (χ0v) is 39.0. The third kappa shape index (κ3) is 42.4. The first-order chi connectivity index (χ1) is 28.1. The van der Waals surface area contributed by atoms with E-state index in [2.05, 4.69) is 13.8 Å². The second kappa shape index (κ2) is 42.0. The Hall–Kier alpha value is -1.71. The number of carboxylic acid groups (broad SMARTS) is 1. The summed E-state index contributed by atoms with van der Waals surface area (Å²) < 4.78 is 22.8. The topological polar surface area (TPSA) is 108 Å². The number of nitrogens with zero attached hydrogens (tertiary/aromatic N) is 1. The average Bonchev–Trinajstić information content (AvgIpc) is 3.18. The van der Waals surface area contributed by atoms with Crippen molar-refractivity contribution in [1.82, 2.24) is 0 Å².